The highest BCUT2D eigenvalue weighted by Gasteiger charge is 2.28. The number of anilines is 1. The van der Waals surface area contributed by atoms with Crippen LogP contribution < -0.4 is 9.46 Å². The Kier molecular flexibility index (Phi) is 6.48. The van der Waals surface area contributed by atoms with Gasteiger partial charge in [0.2, 0.25) is 0 Å². The molecule has 2 aliphatic rings. The Hall–Kier alpha value is -2.58. The van der Waals surface area contributed by atoms with Gasteiger partial charge in [0.15, 0.2) is 0 Å². The molecule has 2 aromatic carbocycles. The molecule has 1 amide bonds. The Morgan fingerprint density at radius 3 is 2.26 bits per heavy atom. The van der Waals surface area contributed by atoms with Gasteiger partial charge in [-0.1, -0.05) is 12.1 Å². The molecule has 2 aliphatic heterocycles. The standard InChI is InChI=1S/C23H29N3O4S/c1-30-22-7-3-2-6-21(22)24-31(28,29)20-10-8-18(9-11-20)23(27)26-16-12-19(13-17-26)25-14-4-5-15-25/h2-3,6-11,19,24H,4-5,12-17H2,1H3. The average Bonchev–Trinajstić information content (AvgIpc) is 3.34. The van der Waals surface area contributed by atoms with Crippen molar-refractivity contribution in [2.45, 2.75) is 36.6 Å². The Labute approximate surface area is 184 Å². The van der Waals surface area contributed by atoms with Crippen LogP contribution in [0.2, 0.25) is 0 Å². The molecule has 4 rings (SSSR count). The monoisotopic (exact) mass is 443 g/mol. The minimum atomic E-state index is -3.79. The molecule has 2 saturated heterocycles. The Morgan fingerprint density at radius 1 is 0.968 bits per heavy atom. The summed E-state index contributed by atoms with van der Waals surface area (Å²) in [6.07, 6.45) is 4.56. The van der Waals surface area contributed by atoms with Crippen LogP contribution in [0.1, 0.15) is 36.0 Å². The van der Waals surface area contributed by atoms with Gasteiger partial charge in [-0.3, -0.25) is 9.52 Å². The molecule has 0 aliphatic carbocycles. The number of amides is 1. The third-order valence-corrected chi connectivity index (χ3v) is 7.55. The second-order valence-electron chi connectivity index (χ2n) is 8.10. The lowest BCUT2D eigenvalue weighted by Crippen LogP contribution is -2.45. The van der Waals surface area contributed by atoms with E-state index in [0.29, 0.717) is 23.0 Å². The first kappa shape index (κ1) is 21.6. The molecule has 0 atom stereocenters. The van der Waals surface area contributed by atoms with Crippen LogP contribution >= 0.6 is 0 Å². The number of methoxy groups -OCH3 is 1. The Morgan fingerprint density at radius 2 is 1.61 bits per heavy atom. The third-order valence-electron chi connectivity index (χ3n) is 6.17. The van der Waals surface area contributed by atoms with E-state index in [2.05, 4.69) is 9.62 Å². The first-order chi connectivity index (χ1) is 15.0. The van der Waals surface area contributed by atoms with Crippen LogP contribution in [0.25, 0.3) is 0 Å². The summed E-state index contributed by atoms with van der Waals surface area (Å²) < 4.78 is 33.2. The maximum absolute atomic E-state index is 12.9. The number of nitrogens with one attached hydrogen (secondary N) is 1. The van der Waals surface area contributed by atoms with Gasteiger partial charge in [-0.2, -0.15) is 0 Å². The highest BCUT2D eigenvalue weighted by molar-refractivity contribution is 7.92. The molecule has 2 fully saturated rings. The topological polar surface area (TPSA) is 78.9 Å². The number of sulfonamides is 1. The van der Waals surface area contributed by atoms with Crippen molar-refractivity contribution in [1.29, 1.82) is 0 Å². The smallest absolute Gasteiger partial charge is 0.262 e. The average molecular weight is 444 g/mol. The molecule has 1 N–H and O–H groups in total. The predicted octanol–water partition coefficient (Wildman–Crippen LogP) is 3.20. The van der Waals surface area contributed by atoms with Crippen molar-refractivity contribution in [3.63, 3.8) is 0 Å². The van der Waals surface area contributed by atoms with E-state index in [1.807, 2.05) is 4.90 Å². The Bertz CT molecular complexity index is 1010. The van der Waals surface area contributed by atoms with Crippen molar-refractivity contribution >= 4 is 21.6 Å². The largest absolute Gasteiger partial charge is 0.495 e. The minimum Gasteiger partial charge on any atom is -0.495 e. The van der Waals surface area contributed by atoms with Crippen LogP contribution in [0.5, 0.6) is 5.75 Å². The number of nitrogens with zero attached hydrogens (tertiary/aromatic N) is 2. The zero-order chi connectivity index (χ0) is 21.8. The van der Waals surface area contributed by atoms with Gasteiger partial charge in [-0.25, -0.2) is 8.42 Å². The quantitative estimate of drug-likeness (QED) is 0.742. The number of carbonyl (C=O) groups is 1. The molecule has 0 bridgehead atoms. The third kappa shape index (κ3) is 4.85. The van der Waals surface area contributed by atoms with Crippen LogP contribution in [0, 0.1) is 0 Å². The lowest BCUT2D eigenvalue weighted by molar-refractivity contribution is 0.0644. The first-order valence-corrected chi connectivity index (χ1v) is 12.3. The summed E-state index contributed by atoms with van der Waals surface area (Å²) in [5.41, 5.74) is 0.877. The molecule has 166 valence electrons. The van der Waals surface area contributed by atoms with Gasteiger partial charge in [-0.05, 0) is 75.2 Å². The number of rotatable bonds is 6. The maximum atomic E-state index is 12.9. The molecule has 2 aromatic rings. The van der Waals surface area contributed by atoms with Gasteiger partial charge >= 0.3 is 0 Å². The van der Waals surface area contributed by atoms with E-state index in [1.165, 1.54) is 45.2 Å². The van der Waals surface area contributed by atoms with Gasteiger partial charge in [0.25, 0.3) is 15.9 Å². The normalized spacial score (nSPS) is 18.2. The molecule has 31 heavy (non-hydrogen) atoms. The SMILES string of the molecule is COc1ccccc1NS(=O)(=O)c1ccc(C(=O)N2CCC(N3CCCC3)CC2)cc1. The molecule has 7 nitrogen and oxygen atoms in total. The number of para-hydroxylation sites is 2. The number of likely N-dealkylation sites (tertiary alicyclic amines) is 2. The molecule has 8 heteroatoms. The van der Waals surface area contributed by atoms with Gasteiger partial charge in [0.05, 0.1) is 17.7 Å². The van der Waals surface area contributed by atoms with Gasteiger partial charge in [-0.15, -0.1) is 0 Å². The van der Waals surface area contributed by atoms with E-state index in [0.717, 1.165) is 25.9 Å². The summed E-state index contributed by atoms with van der Waals surface area (Å²) in [5.74, 6) is 0.400. The van der Waals surface area contributed by atoms with E-state index >= 15 is 0 Å². The van der Waals surface area contributed by atoms with E-state index in [4.69, 9.17) is 4.74 Å². The molecule has 0 unspecified atom stereocenters. The molecule has 0 radical (unpaired) electrons. The van der Waals surface area contributed by atoms with Gasteiger partial charge in [0, 0.05) is 24.7 Å². The summed E-state index contributed by atoms with van der Waals surface area (Å²) in [6.45, 7) is 3.85. The fourth-order valence-electron chi connectivity index (χ4n) is 4.43. The number of benzene rings is 2. The van der Waals surface area contributed by atoms with E-state index in [1.54, 1.807) is 36.4 Å². The minimum absolute atomic E-state index is 0.0403. The lowest BCUT2D eigenvalue weighted by Gasteiger charge is -2.36. The van der Waals surface area contributed by atoms with Gasteiger partial charge < -0.3 is 14.5 Å². The number of piperidine rings is 1. The van der Waals surface area contributed by atoms with E-state index in [9.17, 15) is 13.2 Å². The Balaban J connectivity index is 1.40. The number of carbonyl (C=O) groups excluding carboxylic acids is 1. The van der Waals surface area contributed by atoms with Crippen molar-refractivity contribution in [3.05, 3.63) is 54.1 Å². The van der Waals surface area contributed by atoms with E-state index in [-0.39, 0.29) is 10.8 Å². The predicted molar refractivity (Wildman–Crippen MR) is 120 cm³/mol. The second-order valence-corrected chi connectivity index (χ2v) is 9.78. The molecule has 0 aromatic heterocycles. The molecular weight excluding hydrogens is 414 g/mol. The molecule has 0 saturated carbocycles. The van der Waals surface area contributed by atoms with Crippen molar-refractivity contribution in [2.75, 3.05) is 38.0 Å². The highest BCUT2D eigenvalue weighted by Crippen LogP contribution is 2.27. The van der Waals surface area contributed by atoms with Crippen molar-refractivity contribution in [2.24, 2.45) is 0 Å². The van der Waals surface area contributed by atoms with Crippen LogP contribution in [0.4, 0.5) is 5.69 Å². The molecule has 0 spiro atoms. The summed E-state index contributed by atoms with van der Waals surface area (Å²) in [4.78, 5) is 17.4. The maximum Gasteiger partial charge on any atom is 0.262 e. The van der Waals surface area contributed by atoms with Crippen molar-refractivity contribution in [3.8, 4) is 5.75 Å². The zero-order valence-electron chi connectivity index (χ0n) is 17.8. The van der Waals surface area contributed by atoms with Crippen molar-refractivity contribution < 1.29 is 17.9 Å². The number of hydrogen-bond acceptors (Lipinski definition) is 5. The van der Waals surface area contributed by atoms with Crippen LogP contribution in [0.3, 0.4) is 0 Å². The lowest BCUT2D eigenvalue weighted by atomic mass is 10.0. The summed E-state index contributed by atoms with van der Waals surface area (Å²) >= 11 is 0. The fourth-order valence-corrected chi connectivity index (χ4v) is 5.50. The van der Waals surface area contributed by atoms with Crippen LogP contribution in [-0.2, 0) is 10.0 Å². The molecule has 2 heterocycles. The van der Waals surface area contributed by atoms with Gasteiger partial charge in [0.1, 0.15) is 5.75 Å². The zero-order valence-corrected chi connectivity index (χ0v) is 18.6. The van der Waals surface area contributed by atoms with E-state index < -0.39 is 10.0 Å². The highest BCUT2D eigenvalue weighted by atomic mass is 32.2. The van der Waals surface area contributed by atoms with Crippen molar-refractivity contribution in [1.82, 2.24) is 9.80 Å². The van der Waals surface area contributed by atoms with Crippen LogP contribution in [0.15, 0.2) is 53.4 Å². The number of hydrogen-bond donors (Lipinski definition) is 1. The number of ether oxygens (including phenoxy) is 1. The molecular formula is C23H29N3O4S. The van der Waals surface area contributed by atoms with Crippen LogP contribution in [-0.4, -0.2) is 63.5 Å². The summed E-state index contributed by atoms with van der Waals surface area (Å²) in [5, 5.41) is 0. The summed E-state index contributed by atoms with van der Waals surface area (Å²) in [6, 6.07) is 13.5. The fraction of sp³-hybridized carbons (Fsp3) is 0.435. The summed E-state index contributed by atoms with van der Waals surface area (Å²) in [7, 11) is -2.30. The first-order valence-electron chi connectivity index (χ1n) is 10.8. The second kappa shape index (κ2) is 9.28.